The molecule has 2 aliphatic rings. The van der Waals surface area contributed by atoms with Crippen LogP contribution in [0.5, 0.6) is 0 Å². The third-order valence-electron chi connectivity index (χ3n) is 7.34. The molecule has 39 heavy (non-hydrogen) atoms. The molecular formula is C28H30F2N4O4S. The summed E-state index contributed by atoms with van der Waals surface area (Å²) < 4.78 is 61.8. The number of nitrogens with zero attached hydrogens (tertiary/aromatic N) is 4. The summed E-state index contributed by atoms with van der Waals surface area (Å²) in [5.41, 5.74) is 1.05. The maximum Gasteiger partial charge on any atom is 0.248 e. The molecule has 8 nitrogen and oxygen atoms in total. The molecule has 5 rings (SSSR count). The van der Waals surface area contributed by atoms with Crippen LogP contribution in [0.2, 0.25) is 0 Å². The molecule has 3 heterocycles. The molecule has 2 aliphatic heterocycles. The summed E-state index contributed by atoms with van der Waals surface area (Å²) in [6.45, 7) is 3.98. The molecule has 0 saturated carbocycles. The molecule has 0 spiro atoms. The minimum atomic E-state index is -3.95. The molecule has 1 aromatic heterocycles. The fourth-order valence-electron chi connectivity index (χ4n) is 5.18. The summed E-state index contributed by atoms with van der Waals surface area (Å²) in [5, 5.41) is 3.84. The molecule has 0 radical (unpaired) electrons. The van der Waals surface area contributed by atoms with Gasteiger partial charge in [-0.05, 0) is 50.1 Å². The predicted octanol–water partition coefficient (Wildman–Crippen LogP) is 4.18. The van der Waals surface area contributed by atoms with Crippen LogP contribution in [0.1, 0.15) is 29.9 Å². The van der Waals surface area contributed by atoms with Gasteiger partial charge in [0, 0.05) is 50.7 Å². The minimum Gasteiger partial charge on any atom is -0.366 e. The van der Waals surface area contributed by atoms with E-state index in [0.717, 1.165) is 0 Å². The van der Waals surface area contributed by atoms with Gasteiger partial charge in [0.25, 0.3) is 0 Å². The topological polar surface area (TPSA) is 87.0 Å². The number of carbonyl (C=O) groups excluding carboxylic acids is 1. The number of sulfonamides is 1. The standard InChI is InChI=1S/C28H30F2N4O4S/c1-20-27(26(38-31-20)11-10-21-6-2-3-7-23(21)29)39(36,37)34-14-12-22(13-15-34)28(35)33-18-16-32(17-19-33)25-9-5-4-8-24(25)30/h2-11,22H,12-19H2,1H3. The number of anilines is 1. The van der Waals surface area contributed by atoms with Crippen molar-refractivity contribution < 1.29 is 26.5 Å². The number of hydrogen-bond donors (Lipinski definition) is 0. The summed E-state index contributed by atoms with van der Waals surface area (Å²) in [6, 6.07) is 12.8. The molecule has 0 atom stereocenters. The first kappa shape index (κ1) is 27.0. The number of halogens is 2. The molecular weight excluding hydrogens is 526 g/mol. The lowest BCUT2D eigenvalue weighted by molar-refractivity contribution is -0.137. The second-order valence-corrected chi connectivity index (χ2v) is 11.6. The number of hydrogen-bond acceptors (Lipinski definition) is 6. The van der Waals surface area contributed by atoms with Crippen LogP contribution in [0.15, 0.2) is 57.9 Å². The van der Waals surface area contributed by atoms with Crippen molar-refractivity contribution in [3.8, 4) is 0 Å². The van der Waals surface area contributed by atoms with Crippen LogP contribution in [0, 0.1) is 24.5 Å². The Morgan fingerprint density at radius 1 is 0.923 bits per heavy atom. The van der Waals surface area contributed by atoms with Gasteiger partial charge in [-0.2, -0.15) is 4.31 Å². The van der Waals surface area contributed by atoms with Crippen molar-refractivity contribution in [2.24, 2.45) is 5.92 Å². The molecule has 2 aromatic carbocycles. The Morgan fingerprint density at radius 2 is 1.56 bits per heavy atom. The van der Waals surface area contributed by atoms with E-state index in [0.29, 0.717) is 50.3 Å². The van der Waals surface area contributed by atoms with Gasteiger partial charge in [0.15, 0.2) is 10.7 Å². The van der Waals surface area contributed by atoms with Crippen molar-refractivity contribution in [3.63, 3.8) is 0 Å². The summed E-state index contributed by atoms with van der Waals surface area (Å²) >= 11 is 0. The Kier molecular flexibility index (Phi) is 7.81. The predicted molar refractivity (Wildman–Crippen MR) is 143 cm³/mol. The van der Waals surface area contributed by atoms with Gasteiger partial charge in [-0.1, -0.05) is 35.5 Å². The van der Waals surface area contributed by atoms with Crippen LogP contribution in [0.3, 0.4) is 0 Å². The second-order valence-electron chi connectivity index (χ2n) is 9.76. The summed E-state index contributed by atoms with van der Waals surface area (Å²) in [5.74, 6) is -0.952. The van der Waals surface area contributed by atoms with Crippen LogP contribution in [0.25, 0.3) is 12.2 Å². The zero-order valence-corrected chi connectivity index (χ0v) is 22.4. The normalized spacial score (nSPS) is 17.7. The number of aromatic nitrogens is 1. The first-order valence-corrected chi connectivity index (χ1v) is 14.4. The largest absolute Gasteiger partial charge is 0.366 e. The third kappa shape index (κ3) is 5.60. The van der Waals surface area contributed by atoms with E-state index in [-0.39, 0.29) is 47.1 Å². The SMILES string of the molecule is Cc1noc(C=Cc2ccccc2F)c1S(=O)(=O)N1CCC(C(=O)N2CCN(c3ccccc3F)CC2)CC1. The van der Waals surface area contributed by atoms with Gasteiger partial charge in [0.2, 0.25) is 15.9 Å². The lowest BCUT2D eigenvalue weighted by atomic mass is 9.96. The number of piperazine rings is 1. The van der Waals surface area contributed by atoms with Crippen LogP contribution in [-0.4, -0.2) is 68.0 Å². The van der Waals surface area contributed by atoms with Gasteiger partial charge in [0.05, 0.1) is 5.69 Å². The first-order valence-electron chi connectivity index (χ1n) is 12.9. The average molecular weight is 557 g/mol. The maximum absolute atomic E-state index is 14.1. The smallest absolute Gasteiger partial charge is 0.248 e. The van der Waals surface area contributed by atoms with Gasteiger partial charge < -0.3 is 14.3 Å². The molecule has 3 aromatic rings. The van der Waals surface area contributed by atoms with Crippen molar-refractivity contribution in [1.82, 2.24) is 14.4 Å². The number of benzene rings is 2. The van der Waals surface area contributed by atoms with E-state index in [9.17, 15) is 22.0 Å². The fourth-order valence-corrected chi connectivity index (χ4v) is 6.90. The van der Waals surface area contributed by atoms with Crippen molar-refractivity contribution in [2.45, 2.75) is 24.7 Å². The van der Waals surface area contributed by atoms with E-state index in [2.05, 4.69) is 5.16 Å². The van der Waals surface area contributed by atoms with E-state index < -0.39 is 15.8 Å². The fraction of sp³-hybridized carbons (Fsp3) is 0.357. The molecule has 0 N–H and O–H groups in total. The van der Waals surface area contributed by atoms with E-state index in [4.69, 9.17) is 4.52 Å². The molecule has 11 heteroatoms. The lowest BCUT2D eigenvalue weighted by Gasteiger charge is -2.39. The molecule has 0 bridgehead atoms. The zero-order chi connectivity index (χ0) is 27.6. The molecule has 206 valence electrons. The molecule has 0 aliphatic carbocycles. The molecule has 0 unspecified atom stereocenters. The highest BCUT2D eigenvalue weighted by atomic mass is 32.2. The minimum absolute atomic E-state index is 0.00917. The highest BCUT2D eigenvalue weighted by molar-refractivity contribution is 7.89. The number of para-hydroxylation sites is 1. The van der Waals surface area contributed by atoms with Gasteiger partial charge >= 0.3 is 0 Å². The Hall–Kier alpha value is -3.57. The number of carbonyl (C=O) groups is 1. The Labute approximate surface area is 226 Å². The van der Waals surface area contributed by atoms with Gasteiger partial charge in [-0.3, -0.25) is 4.79 Å². The van der Waals surface area contributed by atoms with Crippen molar-refractivity contribution in [1.29, 1.82) is 0 Å². The second kappa shape index (κ2) is 11.3. The summed E-state index contributed by atoms with van der Waals surface area (Å²) in [4.78, 5) is 16.9. The van der Waals surface area contributed by atoms with Crippen LogP contribution < -0.4 is 4.90 Å². The highest BCUT2D eigenvalue weighted by Gasteiger charge is 2.37. The van der Waals surface area contributed by atoms with E-state index in [1.807, 2.05) is 4.90 Å². The van der Waals surface area contributed by atoms with Crippen molar-refractivity contribution in [3.05, 3.63) is 77.2 Å². The van der Waals surface area contributed by atoms with Gasteiger partial charge in [-0.15, -0.1) is 0 Å². The number of amides is 1. The van der Waals surface area contributed by atoms with Crippen molar-refractivity contribution >= 4 is 33.8 Å². The van der Waals surface area contributed by atoms with Gasteiger partial charge in [-0.25, -0.2) is 17.2 Å². The Morgan fingerprint density at radius 3 is 2.23 bits per heavy atom. The van der Waals surface area contributed by atoms with E-state index in [1.165, 1.54) is 28.6 Å². The maximum atomic E-state index is 14.1. The summed E-state index contributed by atoms with van der Waals surface area (Å²) in [6.07, 6.45) is 3.65. The zero-order valence-electron chi connectivity index (χ0n) is 21.6. The molecule has 2 saturated heterocycles. The van der Waals surface area contributed by atoms with Crippen LogP contribution in [-0.2, 0) is 14.8 Å². The van der Waals surface area contributed by atoms with Gasteiger partial charge in [0.1, 0.15) is 17.3 Å². The average Bonchev–Trinajstić information content (AvgIpc) is 3.33. The number of rotatable bonds is 6. The third-order valence-corrected chi connectivity index (χ3v) is 9.40. The van der Waals surface area contributed by atoms with Crippen LogP contribution >= 0.6 is 0 Å². The lowest BCUT2D eigenvalue weighted by Crippen LogP contribution is -2.52. The molecule has 1 amide bonds. The summed E-state index contributed by atoms with van der Waals surface area (Å²) in [7, 11) is -3.95. The number of piperidine rings is 1. The monoisotopic (exact) mass is 556 g/mol. The van der Waals surface area contributed by atoms with Crippen molar-refractivity contribution in [2.75, 3.05) is 44.2 Å². The van der Waals surface area contributed by atoms with E-state index in [1.54, 1.807) is 48.2 Å². The molecule has 2 fully saturated rings. The van der Waals surface area contributed by atoms with Crippen LogP contribution in [0.4, 0.5) is 14.5 Å². The highest BCUT2D eigenvalue weighted by Crippen LogP contribution is 2.30. The Balaban J connectivity index is 1.21. The Bertz CT molecular complexity index is 1470. The number of aryl methyl sites for hydroxylation is 1. The quantitative estimate of drug-likeness (QED) is 0.453. The van der Waals surface area contributed by atoms with E-state index >= 15 is 0 Å². The first-order chi connectivity index (χ1) is 18.8.